The van der Waals surface area contributed by atoms with E-state index in [0.29, 0.717) is 10.7 Å². The highest BCUT2D eigenvalue weighted by Crippen LogP contribution is 2.29. The Morgan fingerprint density at radius 1 is 1.04 bits per heavy atom. The van der Waals surface area contributed by atoms with Gasteiger partial charge in [-0.3, -0.25) is 4.79 Å². The van der Waals surface area contributed by atoms with Crippen LogP contribution in [0.3, 0.4) is 0 Å². The number of hydrogen-bond acceptors (Lipinski definition) is 3. The van der Waals surface area contributed by atoms with Gasteiger partial charge in [0.15, 0.2) is 9.84 Å². The molecule has 0 bridgehead atoms. The van der Waals surface area contributed by atoms with Crippen LogP contribution in [-0.4, -0.2) is 20.1 Å². The minimum absolute atomic E-state index is 0.0751. The third-order valence-electron chi connectivity index (χ3n) is 3.50. The third kappa shape index (κ3) is 4.58. The van der Waals surface area contributed by atoms with Crippen LogP contribution in [0, 0.1) is 0 Å². The predicted octanol–water partition coefficient (Wildman–Crippen LogP) is 4.05. The normalized spacial score (nSPS) is 12.0. The van der Waals surface area contributed by atoms with Crippen LogP contribution in [-0.2, 0) is 20.0 Å². The first-order valence-corrected chi connectivity index (χ1v) is 9.50. The largest absolute Gasteiger partial charge is 0.325 e. The molecule has 0 spiro atoms. The van der Waals surface area contributed by atoms with E-state index in [4.69, 9.17) is 11.6 Å². The van der Waals surface area contributed by atoms with Crippen molar-refractivity contribution in [2.45, 2.75) is 31.1 Å². The van der Waals surface area contributed by atoms with Gasteiger partial charge < -0.3 is 5.32 Å². The van der Waals surface area contributed by atoms with E-state index < -0.39 is 21.5 Å². The van der Waals surface area contributed by atoms with Crippen molar-refractivity contribution in [1.82, 2.24) is 0 Å². The number of benzene rings is 2. The van der Waals surface area contributed by atoms with Crippen molar-refractivity contribution in [3.8, 4) is 0 Å². The Morgan fingerprint density at radius 3 is 2.21 bits per heavy atom. The number of nitrogens with one attached hydrogen (secondary N) is 1. The van der Waals surface area contributed by atoms with Crippen molar-refractivity contribution in [3.05, 3.63) is 59.1 Å². The molecule has 2 rings (SSSR count). The molecule has 0 radical (unpaired) electrons. The van der Waals surface area contributed by atoms with Crippen molar-refractivity contribution >= 4 is 33.0 Å². The van der Waals surface area contributed by atoms with Gasteiger partial charge in [-0.1, -0.05) is 50.6 Å². The average molecular weight is 366 g/mol. The molecule has 1 N–H and O–H groups in total. The molecule has 0 aromatic heterocycles. The highest BCUT2D eigenvalue weighted by molar-refractivity contribution is 7.92. The van der Waals surface area contributed by atoms with Crippen LogP contribution < -0.4 is 5.32 Å². The second-order valence-electron chi connectivity index (χ2n) is 6.56. The SMILES string of the molecule is CC(C)(C)c1ccccc1NC(=O)CS(=O)(=O)c1ccc(Cl)cc1. The minimum Gasteiger partial charge on any atom is -0.325 e. The maximum atomic E-state index is 12.3. The van der Waals surface area contributed by atoms with Gasteiger partial charge in [0.05, 0.1) is 4.90 Å². The van der Waals surface area contributed by atoms with Crippen LogP contribution in [0.5, 0.6) is 0 Å². The number of carbonyl (C=O) groups is 1. The number of amides is 1. The molecule has 1 amide bonds. The second kappa shape index (κ2) is 6.95. The lowest BCUT2D eigenvalue weighted by Gasteiger charge is -2.23. The second-order valence-corrected chi connectivity index (χ2v) is 8.98. The summed E-state index contributed by atoms with van der Waals surface area (Å²) in [7, 11) is -3.72. The van der Waals surface area contributed by atoms with Gasteiger partial charge in [-0.05, 0) is 41.3 Å². The van der Waals surface area contributed by atoms with E-state index >= 15 is 0 Å². The molecule has 0 aliphatic heterocycles. The molecule has 6 heteroatoms. The maximum absolute atomic E-state index is 12.3. The van der Waals surface area contributed by atoms with Gasteiger partial charge in [-0.15, -0.1) is 0 Å². The number of rotatable bonds is 4. The van der Waals surface area contributed by atoms with Crippen molar-refractivity contribution in [1.29, 1.82) is 0 Å². The summed E-state index contributed by atoms with van der Waals surface area (Å²) in [5.41, 5.74) is 1.40. The number of hydrogen-bond donors (Lipinski definition) is 1. The Morgan fingerprint density at radius 2 is 1.62 bits per heavy atom. The average Bonchev–Trinajstić information content (AvgIpc) is 2.46. The van der Waals surface area contributed by atoms with Gasteiger partial charge in [0.2, 0.25) is 5.91 Å². The summed E-state index contributed by atoms with van der Waals surface area (Å²) >= 11 is 5.76. The van der Waals surface area contributed by atoms with Crippen molar-refractivity contribution in [3.63, 3.8) is 0 Å². The monoisotopic (exact) mass is 365 g/mol. The molecule has 0 fully saturated rings. The summed E-state index contributed by atoms with van der Waals surface area (Å²) in [6.45, 7) is 6.09. The van der Waals surface area contributed by atoms with Gasteiger partial charge >= 0.3 is 0 Å². The van der Waals surface area contributed by atoms with Gasteiger partial charge in [0.25, 0.3) is 0 Å². The molecule has 24 heavy (non-hydrogen) atoms. The summed E-state index contributed by atoms with van der Waals surface area (Å²) in [6.07, 6.45) is 0. The maximum Gasteiger partial charge on any atom is 0.239 e. The van der Waals surface area contributed by atoms with E-state index in [-0.39, 0.29) is 10.3 Å². The summed E-state index contributed by atoms with van der Waals surface area (Å²) < 4.78 is 24.6. The van der Waals surface area contributed by atoms with E-state index in [1.165, 1.54) is 24.3 Å². The zero-order valence-electron chi connectivity index (χ0n) is 13.8. The zero-order valence-corrected chi connectivity index (χ0v) is 15.4. The Hall–Kier alpha value is -1.85. The lowest BCUT2D eigenvalue weighted by molar-refractivity contribution is -0.113. The molecule has 0 aliphatic carbocycles. The summed E-state index contributed by atoms with van der Waals surface area (Å²) in [6, 6.07) is 13.2. The van der Waals surface area contributed by atoms with E-state index in [1.54, 1.807) is 12.1 Å². The number of carbonyl (C=O) groups excluding carboxylic acids is 1. The van der Waals surface area contributed by atoms with Crippen LogP contribution in [0.4, 0.5) is 5.69 Å². The number of para-hydroxylation sites is 1. The lowest BCUT2D eigenvalue weighted by Crippen LogP contribution is -2.25. The molecular weight excluding hydrogens is 346 g/mol. The first-order valence-electron chi connectivity index (χ1n) is 7.47. The van der Waals surface area contributed by atoms with E-state index in [2.05, 4.69) is 5.32 Å². The van der Waals surface area contributed by atoms with Crippen molar-refractivity contribution in [2.24, 2.45) is 0 Å². The summed E-state index contributed by atoms with van der Waals surface area (Å²) in [5, 5.41) is 3.15. The highest BCUT2D eigenvalue weighted by Gasteiger charge is 2.22. The van der Waals surface area contributed by atoms with E-state index in [0.717, 1.165) is 5.56 Å². The first-order chi connectivity index (χ1) is 11.1. The van der Waals surface area contributed by atoms with Crippen molar-refractivity contribution in [2.75, 3.05) is 11.1 Å². The molecule has 4 nitrogen and oxygen atoms in total. The molecule has 0 saturated heterocycles. The number of halogens is 1. The molecule has 0 unspecified atom stereocenters. The van der Waals surface area contributed by atoms with Crippen LogP contribution in [0.15, 0.2) is 53.4 Å². The lowest BCUT2D eigenvalue weighted by atomic mass is 9.86. The molecule has 0 saturated carbocycles. The Labute approximate surface area is 147 Å². The molecule has 2 aromatic rings. The van der Waals surface area contributed by atoms with E-state index in [1.807, 2.05) is 32.9 Å². The van der Waals surface area contributed by atoms with Gasteiger partial charge in [-0.25, -0.2) is 8.42 Å². The van der Waals surface area contributed by atoms with Crippen LogP contribution in [0.2, 0.25) is 5.02 Å². The van der Waals surface area contributed by atoms with E-state index in [9.17, 15) is 13.2 Å². The summed E-state index contributed by atoms with van der Waals surface area (Å²) in [4.78, 5) is 12.3. The topological polar surface area (TPSA) is 63.2 Å². The third-order valence-corrected chi connectivity index (χ3v) is 5.39. The zero-order chi connectivity index (χ0) is 18.0. The molecule has 0 heterocycles. The van der Waals surface area contributed by atoms with Crippen LogP contribution in [0.25, 0.3) is 0 Å². The van der Waals surface area contributed by atoms with Gasteiger partial charge in [0.1, 0.15) is 5.75 Å². The fourth-order valence-corrected chi connectivity index (χ4v) is 3.59. The fourth-order valence-electron chi connectivity index (χ4n) is 2.33. The quantitative estimate of drug-likeness (QED) is 0.888. The Kier molecular flexibility index (Phi) is 5.35. The molecular formula is C18H20ClNO3S. The smallest absolute Gasteiger partial charge is 0.239 e. The predicted molar refractivity (Wildman–Crippen MR) is 97.3 cm³/mol. The Bertz CT molecular complexity index is 837. The van der Waals surface area contributed by atoms with Gasteiger partial charge in [0, 0.05) is 10.7 Å². The molecule has 2 aromatic carbocycles. The van der Waals surface area contributed by atoms with Crippen molar-refractivity contribution < 1.29 is 13.2 Å². The fraction of sp³-hybridized carbons (Fsp3) is 0.278. The number of anilines is 1. The Balaban J connectivity index is 2.18. The molecule has 0 aliphatic rings. The molecule has 0 atom stereocenters. The van der Waals surface area contributed by atoms with Crippen LogP contribution in [0.1, 0.15) is 26.3 Å². The van der Waals surface area contributed by atoms with Gasteiger partial charge in [-0.2, -0.15) is 0 Å². The molecule has 128 valence electrons. The number of sulfone groups is 1. The standard InChI is InChI=1S/C18H20ClNO3S/c1-18(2,3)15-6-4-5-7-16(15)20-17(21)12-24(22,23)14-10-8-13(19)9-11-14/h4-11H,12H2,1-3H3,(H,20,21). The minimum atomic E-state index is -3.72. The first kappa shape index (κ1) is 18.5. The highest BCUT2D eigenvalue weighted by atomic mass is 35.5. The van der Waals surface area contributed by atoms with Crippen LogP contribution >= 0.6 is 11.6 Å². The summed E-state index contributed by atoms with van der Waals surface area (Å²) in [5.74, 6) is -1.19.